The van der Waals surface area contributed by atoms with Gasteiger partial charge in [-0.1, -0.05) is 0 Å². The second-order valence-corrected chi connectivity index (χ2v) is 5.97. The Balaban J connectivity index is 1.89. The van der Waals surface area contributed by atoms with Crippen LogP contribution in [0.25, 0.3) is 0 Å². The van der Waals surface area contributed by atoms with Crippen molar-refractivity contribution in [3.8, 4) is 11.5 Å². The zero-order valence-corrected chi connectivity index (χ0v) is 15.3. The van der Waals surface area contributed by atoms with Crippen molar-refractivity contribution in [2.45, 2.75) is 20.3 Å². The van der Waals surface area contributed by atoms with E-state index < -0.39 is 5.91 Å². The van der Waals surface area contributed by atoms with Gasteiger partial charge < -0.3 is 20.8 Å². The third kappa shape index (κ3) is 6.13. The van der Waals surface area contributed by atoms with E-state index in [1.807, 2.05) is 0 Å². The maximum Gasteiger partial charge on any atom is 0.275 e. The fourth-order valence-electron chi connectivity index (χ4n) is 2.24. The molecule has 0 unspecified atom stereocenters. The van der Waals surface area contributed by atoms with Crippen LogP contribution in [-0.4, -0.2) is 33.6 Å². The molecule has 9 nitrogen and oxygen atoms in total. The molecule has 0 atom stereocenters. The maximum absolute atomic E-state index is 12.0. The molecular formula is C19H20N4O5. The van der Waals surface area contributed by atoms with Crippen LogP contribution in [0.5, 0.6) is 11.5 Å². The van der Waals surface area contributed by atoms with Gasteiger partial charge in [0.05, 0.1) is 12.0 Å². The largest absolute Gasteiger partial charge is 0.508 e. The molecule has 28 heavy (non-hydrogen) atoms. The van der Waals surface area contributed by atoms with Crippen LogP contribution in [0.3, 0.4) is 0 Å². The van der Waals surface area contributed by atoms with Crippen molar-refractivity contribution in [3.63, 3.8) is 0 Å². The lowest BCUT2D eigenvalue weighted by Gasteiger charge is -2.07. The number of hydrazone groups is 1. The molecule has 0 aliphatic rings. The molecule has 0 aliphatic carbocycles. The van der Waals surface area contributed by atoms with Crippen molar-refractivity contribution >= 4 is 34.8 Å². The van der Waals surface area contributed by atoms with E-state index in [2.05, 4.69) is 21.2 Å². The summed E-state index contributed by atoms with van der Waals surface area (Å²) >= 11 is 0. The molecule has 0 radical (unpaired) electrons. The van der Waals surface area contributed by atoms with Crippen molar-refractivity contribution in [2.75, 3.05) is 10.6 Å². The molecule has 0 aliphatic heterocycles. The number of carbonyl (C=O) groups is 3. The van der Waals surface area contributed by atoms with Gasteiger partial charge in [-0.25, -0.2) is 5.43 Å². The lowest BCUT2D eigenvalue weighted by atomic mass is 10.2. The van der Waals surface area contributed by atoms with Gasteiger partial charge in [0.25, 0.3) is 5.91 Å². The summed E-state index contributed by atoms with van der Waals surface area (Å²) in [5.41, 5.74) is 3.69. The highest BCUT2D eigenvalue weighted by Crippen LogP contribution is 2.22. The van der Waals surface area contributed by atoms with E-state index in [-0.39, 0.29) is 35.3 Å². The van der Waals surface area contributed by atoms with Crippen LogP contribution in [0.2, 0.25) is 0 Å². The summed E-state index contributed by atoms with van der Waals surface area (Å²) in [4.78, 5) is 35.0. The Hall–Kier alpha value is -3.88. The quantitative estimate of drug-likeness (QED) is 0.384. The molecule has 0 bridgehead atoms. The van der Waals surface area contributed by atoms with E-state index in [0.29, 0.717) is 17.1 Å². The maximum atomic E-state index is 12.0. The fraction of sp³-hybridized carbons (Fsp3) is 0.158. The summed E-state index contributed by atoms with van der Waals surface area (Å²) in [6.07, 6.45) is -0.0602. The zero-order chi connectivity index (χ0) is 20.7. The fourth-order valence-corrected chi connectivity index (χ4v) is 2.24. The molecule has 3 amide bonds. The highest BCUT2D eigenvalue weighted by Gasteiger charge is 2.11. The van der Waals surface area contributed by atoms with Crippen LogP contribution >= 0.6 is 0 Å². The smallest absolute Gasteiger partial charge is 0.275 e. The summed E-state index contributed by atoms with van der Waals surface area (Å²) in [7, 11) is 0. The van der Waals surface area contributed by atoms with Crippen LogP contribution in [0, 0.1) is 0 Å². The SMILES string of the molecule is CC(=O)Nc1ccc(NC(=O)CC(C)=NNC(=O)c2ccc(O)cc2O)cc1. The number of nitrogens with zero attached hydrogens (tertiary/aromatic N) is 1. The summed E-state index contributed by atoms with van der Waals surface area (Å²) < 4.78 is 0. The number of amides is 3. The van der Waals surface area contributed by atoms with Crippen molar-refractivity contribution in [2.24, 2.45) is 5.10 Å². The van der Waals surface area contributed by atoms with E-state index in [9.17, 15) is 24.6 Å². The molecule has 146 valence electrons. The van der Waals surface area contributed by atoms with Crippen LogP contribution in [0.1, 0.15) is 30.6 Å². The van der Waals surface area contributed by atoms with E-state index in [1.165, 1.54) is 19.1 Å². The van der Waals surface area contributed by atoms with Gasteiger partial charge in [-0.3, -0.25) is 14.4 Å². The van der Waals surface area contributed by atoms with Crippen molar-refractivity contribution in [3.05, 3.63) is 48.0 Å². The van der Waals surface area contributed by atoms with Crippen molar-refractivity contribution in [1.82, 2.24) is 5.43 Å². The molecule has 5 N–H and O–H groups in total. The predicted molar refractivity (Wildman–Crippen MR) is 104 cm³/mol. The minimum Gasteiger partial charge on any atom is -0.508 e. The normalized spacial score (nSPS) is 10.9. The second kappa shape index (κ2) is 9.17. The number of phenolic OH excluding ortho intramolecular Hbond substituents is 2. The van der Waals surface area contributed by atoms with E-state index in [4.69, 9.17) is 0 Å². The topological polar surface area (TPSA) is 140 Å². The molecule has 0 heterocycles. The van der Waals surface area contributed by atoms with Gasteiger partial charge in [0, 0.05) is 30.1 Å². The van der Waals surface area contributed by atoms with Gasteiger partial charge in [-0.05, 0) is 43.3 Å². The number of carbonyl (C=O) groups excluding carboxylic acids is 3. The minimum atomic E-state index is -0.675. The lowest BCUT2D eigenvalue weighted by Crippen LogP contribution is -2.21. The van der Waals surface area contributed by atoms with Gasteiger partial charge in [-0.15, -0.1) is 0 Å². The van der Waals surface area contributed by atoms with Gasteiger partial charge >= 0.3 is 0 Å². The van der Waals surface area contributed by atoms with Crippen LogP contribution in [0.15, 0.2) is 47.6 Å². The first-order chi connectivity index (χ1) is 13.2. The molecule has 2 rings (SSSR count). The van der Waals surface area contributed by atoms with Crippen molar-refractivity contribution in [1.29, 1.82) is 0 Å². The Bertz CT molecular complexity index is 922. The first-order valence-corrected chi connectivity index (χ1v) is 8.27. The third-order valence-corrected chi connectivity index (χ3v) is 3.48. The number of anilines is 2. The number of phenols is 2. The monoisotopic (exact) mass is 384 g/mol. The number of aromatic hydroxyl groups is 2. The Morgan fingerprint density at radius 1 is 0.929 bits per heavy atom. The van der Waals surface area contributed by atoms with E-state index >= 15 is 0 Å². The molecule has 0 fully saturated rings. The number of benzene rings is 2. The molecule has 0 aromatic heterocycles. The molecule has 9 heteroatoms. The van der Waals surface area contributed by atoms with Gasteiger partial charge in [-0.2, -0.15) is 5.10 Å². The number of hydrogen-bond acceptors (Lipinski definition) is 6. The Morgan fingerprint density at radius 2 is 1.54 bits per heavy atom. The number of nitrogens with one attached hydrogen (secondary N) is 3. The molecule has 0 saturated heterocycles. The molecular weight excluding hydrogens is 364 g/mol. The summed E-state index contributed by atoms with van der Waals surface area (Å²) in [5.74, 6) is -1.76. The first kappa shape index (κ1) is 20.4. The third-order valence-electron chi connectivity index (χ3n) is 3.48. The lowest BCUT2D eigenvalue weighted by molar-refractivity contribution is -0.115. The molecule has 2 aromatic carbocycles. The molecule has 0 spiro atoms. The summed E-state index contributed by atoms with van der Waals surface area (Å²) in [6.45, 7) is 2.97. The Kier molecular flexibility index (Phi) is 6.69. The van der Waals surface area contributed by atoms with Crippen molar-refractivity contribution < 1.29 is 24.6 Å². The first-order valence-electron chi connectivity index (χ1n) is 8.27. The van der Waals surface area contributed by atoms with E-state index in [1.54, 1.807) is 31.2 Å². The Morgan fingerprint density at radius 3 is 2.11 bits per heavy atom. The Labute approximate surface area is 161 Å². The van der Waals surface area contributed by atoms with Gasteiger partial charge in [0.2, 0.25) is 11.8 Å². The zero-order valence-electron chi connectivity index (χ0n) is 15.3. The average Bonchev–Trinajstić information content (AvgIpc) is 2.61. The van der Waals surface area contributed by atoms with Crippen LogP contribution < -0.4 is 16.1 Å². The van der Waals surface area contributed by atoms with Gasteiger partial charge in [0.15, 0.2) is 0 Å². The van der Waals surface area contributed by atoms with E-state index in [0.717, 1.165) is 6.07 Å². The predicted octanol–water partition coefficient (Wildman–Crippen LogP) is 2.19. The van der Waals surface area contributed by atoms with Gasteiger partial charge in [0.1, 0.15) is 11.5 Å². The highest BCUT2D eigenvalue weighted by atomic mass is 16.3. The van der Waals surface area contributed by atoms with Crippen LogP contribution in [-0.2, 0) is 9.59 Å². The highest BCUT2D eigenvalue weighted by molar-refractivity contribution is 6.06. The number of hydrogen-bond donors (Lipinski definition) is 5. The molecule has 0 saturated carbocycles. The van der Waals surface area contributed by atoms with Crippen LogP contribution in [0.4, 0.5) is 11.4 Å². The summed E-state index contributed by atoms with van der Waals surface area (Å²) in [5, 5.41) is 28.0. The average molecular weight is 384 g/mol. The minimum absolute atomic E-state index is 0.0574. The molecule has 2 aromatic rings. The number of rotatable bonds is 6. The second-order valence-electron chi connectivity index (χ2n) is 5.97. The summed E-state index contributed by atoms with van der Waals surface area (Å²) in [6, 6.07) is 10.1. The standard InChI is InChI=1S/C19H20N4O5/c1-11(22-23-19(28)16-8-7-15(25)10-17(16)26)9-18(27)21-14-5-3-13(4-6-14)20-12(2)24/h3-8,10,25-26H,9H2,1-2H3,(H,20,24)(H,21,27)(H,23,28).